The van der Waals surface area contributed by atoms with Gasteiger partial charge in [-0.05, 0) is 41.8 Å². The third kappa shape index (κ3) is 4.37. The number of carbonyl (C=O) groups excluding carboxylic acids is 1. The minimum atomic E-state index is -0.271. The van der Waals surface area contributed by atoms with E-state index in [0.717, 1.165) is 23.4 Å². The summed E-state index contributed by atoms with van der Waals surface area (Å²) in [5, 5.41) is 3.29. The molecule has 1 N–H and O–H groups in total. The third-order valence-corrected chi connectivity index (χ3v) is 4.56. The Morgan fingerprint density at radius 1 is 1.28 bits per heavy atom. The van der Waals surface area contributed by atoms with Gasteiger partial charge in [0.1, 0.15) is 11.6 Å². The quantitative estimate of drug-likeness (QED) is 0.908. The monoisotopic (exact) mass is 342 g/mol. The maximum atomic E-state index is 13.6. The van der Waals surface area contributed by atoms with Crippen molar-refractivity contribution in [2.24, 2.45) is 0 Å². The molecule has 0 bridgehead atoms. The van der Waals surface area contributed by atoms with Gasteiger partial charge in [-0.1, -0.05) is 24.3 Å². The number of amides is 1. The summed E-state index contributed by atoms with van der Waals surface area (Å²) in [5.41, 5.74) is 1.91. The lowest BCUT2D eigenvalue weighted by Crippen LogP contribution is -2.48. The summed E-state index contributed by atoms with van der Waals surface area (Å²) in [5.74, 6) is 0.621. The molecule has 25 heavy (non-hydrogen) atoms. The van der Waals surface area contributed by atoms with Crippen molar-refractivity contribution in [1.82, 2.24) is 10.2 Å². The number of rotatable bonds is 5. The van der Waals surface area contributed by atoms with Crippen LogP contribution in [0.3, 0.4) is 0 Å². The highest BCUT2D eigenvalue weighted by atomic mass is 19.1. The first-order chi connectivity index (χ1) is 12.2. The van der Waals surface area contributed by atoms with E-state index in [-0.39, 0.29) is 17.8 Å². The Balaban J connectivity index is 1.68. The fourth-order valence-corrected chi connectivity index (χ4v) is 3.24. The van der Waals surface area contributed by atoms with Crippen LogP contribution in [0.25, 0.3) is 0 Å². The Morgan fingerprint density at radius 2 is 2.12 bits per heavy atom. The van der Waals surface area contributed by atoms with Crippen LogP contribution in [0.1, 0.15) is 23.6 Å². The smallest absolute Gasteiger partial charge is 0.223 e. The first kappa shape index (κ1) is 17.4. The molecule has 132 valence electrons. The average molecular weight is 342 g/mol. The zero-order chi connectivity index (χ0) is 17.6. The van der Waals surface area contributed by atoms with Crippen LogP contribution >= 0.6 is 0 Å². The Morgan fingerprint density at radius 3 is 2.92 bits per heavy atom. The van der Waals surface area contributed by atoms with E-state index in [0.29, 0.717) is 25.9 Å². The molecule has 1 fully saturated rings. The summed E-state index contributed by atoms with van der Waals surface area (Å²) in [6.45, 7) is 2.04. The number of hydrogen-bond acceptors (Lipinski definition) is 3. The molecule has 5 heteroatoms. The molecule has 0 saturated carbocycles. The lowest BCUT2D eigenvalue weighted by atomic mass is 10.0. The summed E-state index contributed by atoms with van der Waals surface area (Å²) in [6, 6.07) is 14.2. The van der Waals surface area contributed by atoms with Crippen molar-refractivity contribution in [1.29, 1.82) is 0 Å². The Hall–Kier alpha value is -2.40. The van der Waals surface area contributed by atoms with Gasteiger partial charge in [-0.2, -0.15) is 0 Å². The zero-order valence-corrected chi connectivity index (χ0v) is 14.4. The standard InChI is InChI=1S/C20H23FN2O2/c1-25-18-7-2-4-15(12-18)8-9-20(24)23-11-10-22-14-19(23)16-5-3-6-17(21)13-16/h2-7,12-13,19,22H,8-11,14H2,1H3. The number of hydrogen-bond donors (Lipinski definition) is 1. The predicted molar refractivity (Wildman–Crippen MR) is 95.0 cm³/mol. The molecule has 1 unspecified atom stereocenters. The molecule has 1 saturated heterocycles. The molecule has 3 rings (SSSR count). The number of nitrogens with one attached hydrogen (secondary N) is 1. The fourth-order valence-electron chi connectivity index (χ4n) is 3.24. The molecule has 2 aromatic carbocycles. The summed E-state index contributed by atoms with van der Waals surface area (Å²) in [4.78, 5) is 14.6. The number of halogens is 1. The van der Waals surface area contributed by atoms with Crippen LogP contribution in [0, 0.1) is 5.82 Å². The number of piperazine rings is 1. The molecule has 1 atom stereocenters. The molecule has 1 aliphatic rings. The maximum Gasteiger partial charge on any atom is 0.223 e. The highest BCUT2D eigenvalue weighted by Gasteiger charge is 2.27. The van der Waals surface area contributed by atoms with Crippen LogP contribution in [0.2, 0.25) is 0 Å². The van der Waals surface area contributed by atoms with Crippen LogP contribution in [0.5, 0.6) is 5.75 Å². The summed E-state index contributed by atoms with van der Waals surface area (Å²) in [6.07, 6.45) is 1.09. The Kier molecular flexibility index (Phi) is 5.66. The molecule has 4 nitrogen and oxygen atoms in total. The van der Waals surface area contributed by atoms with Crippen LogP contribution in [0.15, 0.2) is 48.5 Å². The predicted octanol–water partition coefficient (Wildman–Crippen LogP) is 2.94. The van der Waals surface area contributed by atoms with Gasteiger partial charge in [0.25, 0.3) is 0 Å². The second kappa shape index (κ2) is 8.12. The summed E-state index contributed by atoms with van der Waals surface area (Å²) < 4.78 is 18.8. The first-order valence-electron chi connectivity index (χ1n) is 8.56. The molecule has 1 aliphatic heterocycles. The van der Waals surface area contributed by atoms with Crippen molar-refractivity contribution < 1.29 is 13.9 Å². The molecule has 0 aromatic heterocycles. The number of aryl methyl sites for hydroxylation is 1. The second-order valence-electron chi connectivity index (χ2n) is 6.21. The number of nitrogens with zero attached hydrogens (tertiary/aromatic N) is 1. The topological polar surface area (TPSA) is 41.6 Å². The van der Waals surface area contributed by atoms with Crippen LogP contribution < -0.4 is 10.1 Å². The van der Waals surface area contributed by atoms with E-state index in [2.05, 4.69) is 5.32 Å². The lowest BCUT2D eigenvalue weighted by molar-refractivity contribution is -0.134. The van der Waals surface area contributed by atoms with Gasteiger partial charge in [0.05, 0.1) is 13.2 Å². The van der Waals surface area contributed by atoms with Gasteiger partial charge in [-0.25, -0.2) is 4.39 Å². The highest BCUT2D eigenvalue weighted by Crippen LogP contribution is 2.24. The summed E-state index contributed by atoms with van der Waals surface area (Å²) in [7, 11) is 1.63. The van der Waals surface area contributed by atoms with Crippen molar-refractivity contribution in [3.63, 3.8) is 0 Å². The minimum Gasteiger partial charge on any atom is -0.497 e. The normalized spacial score (nSPS) is 17.4. The lowest BCUT2D eigenvalue weighted by Gasteiger charge is -2.36. The second-order valence-corrected chi connectivity index (χ2v) is 6.21. The number of methoxy groups -OCH3 is 1. The molecule has 0 spiro atoms. The largest absolute Gasteiger partial charge is 0.497 e. The molecule has 1 amide bonds. The first-order valence-corrected chi connectivity index (χ1v) is 8.56. The van der Waals surface area contributed by atoms with E-state index >= 15 is 0 Å². The molecular formula is C20H23FN2O2. The van der Waals surface area contributed by atoms with Gasteiger partial charge in [-0.3, -0.25) is 4.79 Å². The SMILES string of the molecule is COc1cccc(CCC(=O)N2CCNCC2c2cccc(F)c2)c1. The van der Waals surface area contributed by atoms with E-state index in [4.69, 9.17) is 4.74 Å². The van der Waals surface area contributed by atoms with Crippen molar-refractivity contribution in [2.45, 2.75) is 18.9 Å². The van der Waals surface area contributed by atoms with E-state index in [9.17, 15) is 9.18 Å². The van der Waals surface area contributed by atoms with Crippen molar-refractivity contribution in [3.05, 3.63) is 65.5 Å². The number of carbonyl (C=O) groups is 1. The summed E-state index contributed by atoms with van der Waals surface area (Å²) >= 11 is 0. The Bertz CT molecular complexity index is 735. The van der Waals surface area contributed by atoms with E-state index in [1.165, 1.54) is 12.1 Å². The third-order valence-electron chi connectivity index (χ3n) is 4.56. The van der Waals surface area contributed by atoms with Gasteiger partial charge in [0.2, 0.25) is 5.91 Å². The van der Waals surface area contributed by atoms with Crippen LogP contribution in [0.4, 0.5) is 4.39 Å². The Labute approximate surface area is 147 Å². The molecule has 2 aromatic rings. The van der Waals surface area contributed by atoms with E-state index < -0.39 is 0 Å². The molecular weight excluding hydrogens is 319 g/mol. The van der Waals surface area contributed by atoms with E-state index in [1.54, 1.807) is 13.2 Å². The van der Waals surface area contributed by atoms with Gasteiger partial charge in [-0.15, -0.1) is 0 Å². The molecule has 0 radical (unpaired) electrons. The number of benzene rings is 2. The van der Waals surface area contributed by atoms with E-state index in [1.807, 2.05) is 35.2 Å². The van der Waals surface area contributed by atoms with Gasteiger partial charge < -0.3 is 15.0 Å². The highest BCUT2D eigenvalue weighted by molar-refractivity contribution is 5.77. The number of ether oxygens (including phenoxy) is 1. The average Bonchev–Trinajstić information content (AvgIpc) is 2.66. The van der Waals surface area contributed by atoms with Crippen molar-refractivity contribution in [2.75, 3.05) is 26.7 Å². The van der Waals surface area contributed by atoms with Gasteiger partial charge >= 0.3 is 0 Å². The van der Waals surface area contributed by atoms with Gasteiger partial charge in [0.15, 0.2) is 0 Å². The minimum absolute atomic E-state index is 0.0959. The maximum absolute atomic E-state index is 13.6. The fraction of sp³-hybridized carbons (Fsp3) is 0.350. The molecule has 1 heterocycles. The van der Waals surface area contributed by atoms with Crippen LogP contribution in [-0.2, 0) is 11.2 Å². The van der Waals surface area contributed by atoms with Crippen molar-refractivity contribution in [3.8, 4) is 5.75 Å². The van der Waals surface area contributed by atoms with Crippen LogP contribution in [-0.4, -0.2) is 37.6 Å². The van der Waals surface area contributed by atoms with Crippen molar-refractivity contribution >= 4 is 5.91 Å². The zero-order valence-electron chi connectivity index (χ0n) is 14.4. The molecule has 0 aliphatic carbocycles. The van der Waals surface area contributed by atoms with Gasteiger partial charge in [0, 0.05) is 26.1 Å².